The van der Waals surface area contributed by atoms with Gasteiger partial charge in [-0.2, -0.15) is 0 Å². The van der Waals surface area contributed by atoms with Crippen LogP contribution in [0.5, 0.6) is 11.5 Å². The average Bonchev–Trinajstić information content (AvgIpc) is 3.04. The summed E-state index contributed by atoms with van der Waals surface area (Å²) in [7, 11) is 3.21. The van der Waals surface area contributed by atoms with E-state index in [4.69, 9.17) is 14.5 Å². The monoisotopic (exact) mass is 449 g/mol. The van der Waals surface area contributed by atoms with Crippen molar-refractivity contribution in [1.82, 2.24) is 14.5 Å². The van der Waals surface area contributed by atoms with Gasteiger partial charge in [0.15, 0.2) is 0 Å². The molecule has 2 heterocycles. The third-order valence-electron chi connectivity index (χ3n) is 6.11. The normalized spacial score (nSPS) is 13.2. The zero-order chi connectivity index (χ0) is 23.2. The molecular formula is C26H31N3O4. The SMILES string of the molecule is COc1ccc(OC)c(CN(CCO)C(=O)c2nc(-c3ccccc3)n3c2CCCCC3)c1. The van der Waals surface area contributed by atoms with Crippen molar-refractivity contribution in [3.05, 3.63) is 65.5 Å². The average molecular weight is 450 g/mol. The van der Waals surface area contributed by atoms with Gasteiger partial charge in [-0.3, -0.25) is 4.79 Å². The molecule has 1 aliphatic heterocycles. The molecule has 0 radical (unpaired) electrons. The first-order valence-corrected chi connectivity index (χ1v) is 11.4. The van der Waals surface area contributed by atoms with Gasteiger partial charge >= 0.3 is 0 Å². The summed E-state index contributed by atoms with van der Waals surface area (Å²) in [6.07, 6.45) is 4.04. The molecule has 174 valence electrons. The van der Waals surface area contributed by atoms with Gasteiger partial charge in [-0.15, -0.1) is 0 Å². The maximum atomic E-state index is 13.8. The van der Waals surface area contributed by atoms with Crippen LogP contribution >= 0.6 is 0 Å². The highest BCUT2D eigenvalue weighted by Crippen LogP contribution is 2.29. The molecule has 2 aromatic carbocycles. The van der Waals surface area contributed by atoms with Crippen LogP contribution in [0.25, 0.3) is 11.4 Å². The fourth-order valence-electron chi connectivity index (χ4n) is 4.43. The van der Waals surface area contributed by atoms with Crippen molar-refractivity contribution in [1.29, 1.82) is 0 Å². The molecule has 1 aliphatic rings. The van der Waals surface area contributed by atoms with Gasteiger partial charge in [0.05, 0.1) is 26.5 Å². The highest BCUT2D eigenvalue weighted by molar-refractivity contribution is 5.94. The lowest BCUT2D eigenvalue weighted by atomic mass is 10.1. The van der Waals surface area contributed by atoms with Gasteiger partial charge in [-0.1, -0.05) is 36.8 Å². The summed E-state index contributed by atoms with van der Waals surface area (Å²) in [5, 5.41) is 9.73. The fraction of sp³-hybridized carbons (Fsp3) is 0.385. The smallest absolute Gasteiger partial charge is 0.274 e. The van der Waals surface area contributed by atoms with Crippen LogP contribution in [-0.2, 0) is 19.5 Å². The number of hydrogen-bond donors (Lipinski definition) is 1. The van der Waals surface area contributed by atoms with Crippen LogP contribution in [0.15, 0.2) is 48.5 Å². The number of ether oxygens (including phenoxy) is 2. The second kappa shape index (κ2) is 10.5. The van der Waals surface area contributed by atoms with Gasteiger partial charge in [-0.25, -0.2) is 4.98 Å². The molecule has 0 bridgehead atoms. The van der Waals surface area contributed by atoms with Crippen LogP contribution in [0, 0.1) is 0 Å². The van der Waals surface area contributed by atoms with Crippen molar-refractivity contribution in [2.75, 3.05) is 27.4 Å². The van der Waals surface area contributed by atoms with Crippen LogP contribution < -0.4 is 9.47 Å². The molecule has 0 aliphatic carbocycles. The second-order valence-electron chi connectivity index (χ2n) is 8.19. The number of carbonyl (C=O) groups excluding carboxylic acids is 1. The third-order valence-corrected chi connectivity index (χ3v) is 6.11. The molecule has 0 saturated heterocycles. The van der Waals surface area contributed by atoms with E-state index in [2.05, 4.69) is 4.57 Å². The fourth-order valence-corrected chi connectivity index (χ4v) is 4.43. The van der Waals surface area contributed by atoms with Crippen LogP contribution in [0.2, 0.25) is 0 Å². The number of carbonyl (C=O) groups is 1. The zero-order valence-electron chi connectivity index (χ0n) is 19.3. The lowest BCUT2D eigenvalue weighted by Crippen LogP contribution is -2.34. The molecule has 0 fully saturated rings. The molecule has 0 atom stereocenters. The molecular weight excluding hydrogens is 418 g/mol. The Morgan fingerprint density at radius 2 is 1.91 bits per heavy atom. The Morgan fingerprint density at radius 3 is 2.64 bits per heavy atom. The Kier molecular flexibility index (Phi) is 7.29. The Balaban J connectivity index is 1.73. The maximum absolute atomic E-state index is 13.8. The first-order chi connectivity index (χ1) is 16.2. The molecule has 1 N–H and O–H groups in total. The van der Waals surface area contributed by atoms with Crippen LogP contribution in [0.1, 0.15) is 41.0 Å². The quantitative estimate of drug-likeness (QED) is 0.564. The molecule has 4 rings (SSSR count). The molecule has 7 heteroatoms. The molecule has 3 aromatic rings. The van der Waals surface area contributed by atoms with Crippen molar-refractivity contribution < 1.29 is 19.4 Å². The Hall–Kier alpha value is -3.32. The number of nitrogens with zero attached hydrogens (tertiary/aromatic N) is 3. The topological polar surface area (TPSA) is 76.8 Å². The van der Waals surface area contributed by atoms with E-state index in [0.717, 1.165) is 54.9 Å². The summed E-state index contributed by atoms with van der Waals surface area (Å²) in [6.45, 7) is 1.20. The standard InChI is InChI=1S/C26H31N3O4/c1-32-21-12-13-23(33-2)20(17-21)18-28(15-16-30)26(31)24-22-11-7-4-8-14-29(22)25(27-24)19-9-5-3-6-10-19/h3,5-6,9-10,12-13,17,30H,4,7-8,11,14-16,18H2,1-2H3. The summed E-state index contributed by atoms with van der Waals surface area (Å²) in [6, 6.07) is 15.5. The number of hydrogen-bond acceptors (Lipinski definition) is 5. The molecule has 0 spiro atoms. The van der Waals surface area contributed by atoms with Gasteiger partial charge in [-0.05, 0) is 37.5 Å². The van der Waals surface area contributed by atoms with Crippen molar-refractivity contribution in [3.8, 4) is 22.9 Å². The number of methoxy groups -OCH3 is 2. The Bertz CT molecular complexity index is 1090. The van der Waals surface area contributed by atoms with Gasteiger partial charge in [0.1, 0.15) is 23.0 Å². The van der Waals surface area contributed by atoms with Crippen molar-refractivity contribution >= 4 is 5.91 Å². The van der Waals surface area contributed by atoms with E-state index in [9.17, 15) is 9.90 Å². The molecule has 7 nitrogen and oxygen atoms in total. The second-order valence-corrected chi connectivity index (χ2v) is 8.19. The molecule has 33 heavy (non-hydrogen) atoms. The summed E-state index contributed by atoms with van der Waals surface area (Å²) < 4.78 is 13.1. The van der Waals surface area contributed by atoms with E-state index in [-0.39, 0.29) is 25.6 Å². The predicted octanol–water partition coefficient (Wildman–Crippen LogP) is 3.93. The summed E-state index contributed by atoms with van der Waals surface area (Å²) >= 11 is 0. The molecule has 1 amide bonds. The minimum Gasteiger partial charge on any atom is -0.497 e. The lowest BCUT2D eigenvalue weighted by Gasteiger charge is -2.23. The Labute approximate surface area is 194 Å². The number of rotatable bonds is 8. The van der Waals surface area contributed by atoms with Gasteiger partial charge in [0.25, 0.3) is 5.91 Å². The number of benzene rings is 2. The van der Waals surface area contributed by atoms with E-state index in [1.54, 1.807) is 19.1 Å². The van der Waals surface area contributed by atoms with E-state index in [1.165, 1.54) is 0 Å². The minimum atomic E-state index is -0.179. The summed E-state index contributed by atoms with van der Waals surface area (Å²) in [5.74, 6) is 2.00. The number of aromatic nitrogens is 2. The molecule has 1 aromatic heterocycles. The van der Waals surface area contributed by atoms with E-state index >= 15 is 0 Å². The van der Waals surface area contributed by atoms with Crippen LogP contribution in [-0.4, -0.2) is 52.8 Å². The summed E-state index contributed by atoms with van der Waals surface area (Å²) in [5.41, 5.74) is 3.28. The number of aliphatic hydroxyl groups is 1. The van der Waals surface area contributed by atoms with E-state index in [0.29, 0.717) is 17.2 Å². The van der Waals surface area contributed by atoms with E-state index in [1.807, 2.05) is 48.5 Å². The molecule has 0 unspecified atom stereocenters. The minimum absolute atomic E-state index is 0.139. The lowest BCUT2D eigenvalue weighted by molar-refractivity contribution is 0.0699. The number of fused-ring (bicyclic) bond motifs is 1. The first kappa shape index (κ1) is 22.9. The van der Waals surface area contributed by atoms with Gasteiger partial charge in [0, 0.05) is 30.8 Å². The maximum Gasteiger partial charge on any atom is 0.274 e. The van der Waals surface area contributed by atoms with Crippen LogP contribution in [0.4, 0.5) is 0 Å². The summed E-state index contributed by atoms with van der Waals surface area (Å²) in [4.78, 5) is 20.3. The largest absolute Gasteiger partial charge is 0.497 e. The highest BCUT2D eigenvalue weighted by atomic mass is 16.5. The van der Waals surface area contributed by atoms with Gasteiger partial charge < -0.3 is 24.0 Å². The highest BCUT2D eigenvalue weighted by Gasteiger charge is 2.28. The van der Waals surface area contributed by atoms with Crippen molar-refractivity contribution in [2.24, 2.45) is 0 Å². The van der Waals surface area contributed by atoms with E-state index < -0.39 is 0 Å². The van der Waals surface area contributed by atoms with Crippen LogP contribution in [0.3, 0.4) is 0 Å². The number of imidazole rings is 1. The first-order valence-electron chi connectivity index (χ1n) is 11.4. The number of aliphatic hydroxyl groups excluding tert-OH is 1. The molecule has 0 saturated carbocycles. The number of amides is 1. The van der Waals surface area contributed by atoms with Gasteiger partial charge in [0.2, 0.25) is 0 Å². The van der Waals surface area contributed by atoms with Crippen molar-refractivity contribution in [3.63, 3.8) is 0 Å². The van der Waals surface area contributed by atoms with Crippen molar-refractivity contribution in [2.45, 2.75) is 38.8 Å². The zero-order valence-corrected chi connectivity index (χ0v) is 19.3. The third kappa shape index (κ3) is 4.88. The Morgan fingerprint density at radius 1 is 1.09 bits per heavy atom. The predicted molar refractivity (Wildman–Crippen MR) is 127 cm³/mol.